The minimum absolute atomic E-state index is 0.0512. The Kier molecular flexibility index (Phi) is 3.37. The van der Waals surface area contributed by atoms with E-state index in [0.29, 0.717) is 17.8 Å². The van der Waals surface area contributed by atoms with E-state index in [0.717, 1.165) is 10.7 Å². The molecule has 6 nitrogen and oxygen atoms in total. The number of hydrogen-bond donors (Lipinski definition) is 0. The van der Waals surface area contributed by atoms with Crippen LogP contribution in [0.1, 0.15) is 23.7 Å². The van der Waals surface area contributed by atoms with Gasteiger partial charge in [0.25, 0.3) is 0 Å². The van der Waals surface area contributed by atoms with Gasteiger partial charge in [0, 0.05) is 18.7 Å². The minimum atomic E-state index is -0.423. The maximum absolute atomic E-state index is 11.8. The summed E-state index contributed by atoms with van der Waals surface area (Å²) in [5.74, 6) is -0.423. The van der Waals surface area contributed by atoms with Gasteiger partial charge in [0.15, 0.2) is 11.2 Å². The third kappa shape index (κ3) is 2.25. The van der Waals surface area contributed by atoms with Gasteiger partial charge >= 0.3 is 5.76 Å². The predicted octanol–water partition coefficient (Wildman–Crippen LogP) is 2.20. The van der Waals surface area contributed by atoms with E-state index in [2.05, 4.69) is 9.97 Å². The number of thiazole rings is 1. The zero-order chi connectivity index (χ0) is 14.1. The van der Waals surface area contributed by atoms with E-state index < -0.39 is 5.76 Å². The van der Waals surface area contributed by atoms with Crippen molar-refractivity contribution in [2.75, 3.05) is 7.11 Å². The maximum atomic E-state index is 11.8. The first-order valence-corrected chi connectivity index (χ1v) is 6.98. The van der Waals surface area contributed by atoms with E-state index in [1.165, 1.54) is 15.9 Å². The lowest BCUT2D eigenvalue weighted by atomic mass is 10.4. The molecule has 0 spiro atoms. The highest BCUT2D eigenvalue weighted by Crippen LogP contribution is 2.21. The molecule has 0 fully saturated rings. The topological polar surface area (TPSA) is 70.2 Å². The first-order chi connectivity index (χ1) is 9.69. The van der Waals surface area contributed by atoms with Gasteiger partial charge in [-0.1, -0.05) is 0 Å². The normalized spacial score (nSPS) is 12.9. The summed E-state index contributed by atoms with van der Waals surface area (Å²) in [6.45, 7) is 2.28. The van der Waals surface area contributed by atoms with Crippen LogP contribution in [0.3, 0.4) is 0 Å². The first kappa shape index (κ1) is 13.0. The summed E-state index contributed by atoms with van der Waals surface area (Å²) in [6, 6.07) is 3.45. The van der Waals surface area contributed by atoms with Crippen LogP contribution in [0.15, 0.2) is 32.9 Å². The Morgan fingerprint density at radius 3 is 3.20 bits per heavy atom. The summed E-state index contributed by atoms with van der Waals surface area (Å²) < 4.78 is 11.8. The summed E-state index contributed by atoms with van der Waals surface area (Å²) >= 11 is 1.51. The molecule has 0 aromatic carbocycles. The van der Waals surface area contributed by atoms with Gasteiger partial charge in [-0.3, -0.25) is 4.57 Å². The van der Waals surface area contributed by atoms with E-state index >= 15 is 0 Å². The average molecular weight is 291 g/mol. The van der Waals surface area contributed by atoms with Crippen LogP contribution >= 0.6 is 11.3 Å². The predicted molar refractivity (Wildman–Crippen MR) is 74.9 cm³/mol. The van der Waals surface area contributed by atoms with Gasteiger partial charge in [-0.05, 0) is 19.1 Å². The standard InChI is InChI=1S/C13H13N3O3S/c1-8(18-2)12-15-9(7-20-12)6-16-11-10(19-13(16)17)4-3-5-14-11/h3-5,7-8H,6H2,1-2H3/t8-/m0/s1. The average Bonchev–Trinajstić information content (AvgIpc) is 3.04. The van der Waals surface area contributed by atoms with Gasteiger partial charge in [0.1, 0.15) is 11.1 Å². The highest BCUT2D eigenvalue weighted by atomic mass is 32.1. The second kappa shape index (κ2) is 5.18. The second-order valence-corrected chi connectivity index (χ2v) is 5.22. The summed E-state index contributed by atoms with van der Waals surface area (Å²) in [6.07, 6.45) is 1.58. The third-order valence-corrected chi connectivity index (χ3v) is 4.07. The van der Waals surface area contributed by atoms with Crippen LogP contribution in [-0.2, 0) is 11.3 Å². The van der Waals surface area contributed by atoms with E-state index in [-0.39, 0.29) is 6.10 Å². The number of methoxy groups -OCH3 is 1. The second-order valence-electron chi connectivity index (χ2n) is 4.33. The van der Waals surface area contributed by atoms with Gasteiger partial charge < -0.3 is 9.15 Å². The molecule has 20 heavy (non-hydrogen) atoms. The number of nitrogens with zero attached hydrogens (tertiary/aromatic N) is 3. The SMILES string of the molecule is CO[C@@H](C)c1nc(Cn2c(=O)oc3cccnc32)cs1. The van der Waals surface area contributed by atoms with E-state index in [9.17, 15) is 4.79 Å². The van der Waals surface area contributed by atoms with Crippen LogP contribution in [0.25, 0.3) is 11.2 Å². The Balaban J connectivity index is 1.95. The Labute approximate surface area is 118 Å². The van der Waals surface area contributed by atoms with Crippen LogP contribution < -0.4 is 5.76 Å². The molecule has 0 radical (unpaired) electrons. The molecule has 0 aliphatic carbocycles. The van der Waals surface area contributed by atoms with Gasteiger partial charge in [-0.2, -0.15) is 0 Å². The molecule has 3 rings (SSSR count). The van der Waals surface area contributed by atoms with Crippen molar-refractivity contribution in [3.8, 4) is 0 Å². The minimum Gasteiger partial charge on any atom is -0.406 e. The van der Waals surface area contributed by atoms with Gasteiger partial charge in [0.2, 0.25) is 0 Å². The Morgan fingerprint density at radius 2 is 2.40 bits per heavy atom. The smallest absolute Gasteiger partial charge is 0.406 e. The fraction of sp³-hybridized carbons (Fsp3) is 0.308. The summed E-state index contributed by atoms with van der Waals surface area (Å²) in [5, 5.41) is 2.80. The van der Waals surface area contributed by atoms with Crippen molar-refractivity contribution < 1.29 is 9.15 Å². The molecule has 0 unspecified atom stereocenters. The third-order valence-electron chi connectivity index (χ3n) is 3.02. The Hall–Kier alpha value is -1.99. The van der Waals surface area contributed by atoms with Crippen molar-refractivity contribution in [1.29, 1.82) is 0 Å². The molecule has 0 saturated carbocycles. The molecule has 1 atom stereocenters. The quantitative estimate of drug-likeness (QED) is 0.737. The number of pyridine rings is 1. The molecule has 104 valence electrons. The van der Waals surface area contributed by atoms with Crippen molar-refractivity contribution >= 4 is 22.6 Å². The monoisotopic (exact) mass is 291 g/mol. The number of oxazole rings is 1. The van der Waals surface area contributed by atoms with Gasteiger partial charge in [-0.15, -0.1) is 11.3 Å². The summed E-state index contributed by atoms with van der Waals surface area (Å²) in [5.41, 5.74) is 1.81. The molecule has 0 aliphatic rings. The lowest BCUT2D eigenvalue weighted by molar-refractivity contribution is 0.119. The van der Waals surface area contributed by atoms with Crippen molar-refractivity contribution in [2.45, 2.75) is 19.6 Å². The number of aromatic nitrogens is 3. The number of rotatable bonds is 4. The first-order valence-electron chi connectivity index (χ1n) is 6.10. The van der Waals surface area contributed by atoms with Crippen LogP contribution in [0, 0.1) is 0 Å². The van der Waals surface area contributed by atoms with Gasteiger partial charge in [0.05, 0.1) is 12.2 Å². The number of fused-ring (bicyclic) bond motifs is 1. The molecule has 3 heterocycles. The highest BCUT2D eigenvalue weighted by Gasteiger charge is 2.14. The van der Waals surface area contributed by atoms with E-state index in [1.54, 1.807) is 25.4 Å². The molecule has 3 aromatic rings. The lowest BCUT2D eigenvalue weighted by Crippen LogP contribution is -2.15. The van der Waals surface area contributed by atoms with Crippen LogP contribution in [0.2, 0.25) is 0 Å². The summed E-state index contributed by atoms with van der Waals surface area (Å²) in [4.78, 5) is 20.5. The Bertz CT molecular complexity index is 789. The fourth-order valence-electron chi connectivity index (χ4n) is 1.88. The molecule has 0 saturated heterocycles. The fourth-order valence-corrected chi connectivity index (χ4v) is 2.73. The molecular formula is C13H13N3O3S. The van der Waals surface area contributed by atoms with Crippen LogP contribution in [0.5, 0.6) is 0 Å². The molecule has 0 amide bonds. The molecule has 0 aliphatic heterocycles. The van der Waals surface area contributed by atoms with Crippen molar-refractivity contribution in [1.82, 2.24) is 14.5 Å². The van der Waals surface area contributed by atoms with Crippen LogP contribution in [-0.4, -0.2) is 21.6 Å². The van der Waals surface area contributed by atoms with E-state index in [1.807, 2.05) is 12.3 Å². The van der Waals surface area contributed by atoms with Crippen molar-refractivity contribution in [3.05, 3.63) is 45.0 Å². The Morgan fingerprint density at radius 1 is 1.55 bits per heavy atom. The zero-order valence-corrected chi connectivity index (χ0v) is 11.9. The summed E-state index contributed by atoms with van der Waals surface area (Å²) in [7, 11) is 1.64. The van der Waals surface area contributed by atoms with Crippen LogP contribution in [0.4, 0.5) is 0 Å². The number of hydrogen-bond acceptors (Lipinski definition) is 6. The molecule has 0 bridgehead atoms. The van der Waals surface area contributed by atoms with Gasteiger partial charge in [-0.25, -0.2) is 14.8 Å². The molecular weight excluding hydrogens is 278 g/mol. The molecule has 0 N–H and O–H groups in total. The largest absolute Gasteiger partial charge is 0.421 e. The molecule has 3 aromatic heterocycles. The lowest BCUT2D eigenvalue weighted by Gasteiger charge is -2.03. The number of ether oxygens (including phenoxy) is 1. The highest BCUT2D eigenvalue weighted by molar-refractivity contribution is 7.09. The van der Waals surface area contributed by atoms with E-state index in [4.69, 9.17) is 9.15 Å². The zero-order valence-electron chi connectivity index (χ0n) is 11.1. The van der Waals surface area contributed by atoms with Crippen molar-refractivity contribution in [3.63, 3.8) is 0 Å². The molecule has 7 heteroatoms. The maximum Gasteiger partial charge on any atom is 0.421 e. The van der Waals surface area contributed by atoms with Crippen molar-refractivity contribution in [2.24, 2.45) is 0 Å².